The minimum atomic E-state index is -0.444. The molecule has 0 aromatic carbocycles. The second kappa shape index (κ2) is 3.70. The molecule has 2 aromatic heterocycles. The third kappa shape index (κ3) is 1.68. The van der Waals surface area contributed by atoms with Crippen LogP contribution in [0.2, 0.25) is 0 Å². The molecule has 7 heteroatoms. The Balaban J connectivity index is 2.53. The molecule has 0 spiro atoms. The standard InChI is InChI=1S/C8H11N5O2/c9-6-10-7-12(2-1-5-14)3-4-13(7)8(15)11-6/h3-4,14H,1-2,5H2,(H2,9,11,15). The van der Waals surface area contributed by atoms with E-state index in [2.05, 4.69) is 9.97 Å². The quantitative estimate of drug-likeness (QED) is 0.665. The van der Waals surface area contributed by atoms with Gasteiger partial charge in [-0.15, -0.1) is 0 Å². The lowest BCUT2D eigenvalue weighted by Crippen LogP contribution is -2.19. The van der Waals surface area contributed by atoms with Crippen molar-refractivity contribution in [3.63, 3.8) is 0 Å². The summed E-state index contributed by atoms with van der Waals surface area (Å²) in [5.74, 6) is 0.407. The maximum absolute atomic E-state index is 11.4. The number of anilines is 1. The molecule has 2 rings (SSSR count). The van der Waals surface area contributed by atoms with Crippen LogP contribution in [0.3, 0.4) is 0 Å². The fourth-order valence-corrected chi connectivity index (χ4v) is 1.38. The number of hydrogen-bond donors (Lipinski definition) is 2. The topological polar surface area (TPSA) is 98.4 Å². The van der Waals surface area contributed by atoms with Gasteiger partial charge in [-0.3, -0.25) is 0 Å². The molecule has 2 heterocycles. The summed E-state index contributed by atoms with van der Waals surface area (Å²) < 4.78 is 3.06. The number of hydrogen-bond acceptors (Lipinski definition) is 5. The van der Waals surface area contributed by atoms with Crippen molar-refractivity contribution < 1.29 is 5.11 Å². The normalized spacial score (nSPS) is 11.0. The van der Waals surface area contributed by atoms with Crippen molar-refractivity contribution in [3.05, 3.63) is 22.9 Å². The van der Waals surface area contributed by atoms with Gasteiger partial charge in [0.05, 0.1) is 0 Å². The minimum Gasteiger partial charge on any atom is -0.396 e. The molecule has 0 bridgehead atoms. The Bertz CT molecular complexity index is 529. The molecule has 0 fully saturated rings. The fourth-order valence-electron chi connectivity index (χ4n) is 1.38. The SMILES string of the molecule is Nc1nc(=O)n2ccn(CCCO)c2n1. The van der Waals surface area contributed by atoms with Crippen molar-refractivity contribution in [2.45, 2.75) is 13.0 Å². The van der Waals surface area contributed by atoms with E-state index in [1.165, 1.54) is 4.40 Å². The van der Waals surface area contributed by atoms with Gasteiger partial charge in [0.1, 0.15) is 0 Å². The molecule has 0 saturated carbocycles. The van der Waals surface area contributed by atoms with E-state index in [1.54, 1.807) is 17.0 Å². The van der Waals surface area contributed by atoms with Crippen LogP contribution in [-0.2, 0) is 6.54 Å². The first-order valence-electron chi connectivity index (χ1n) is 4.54. The highest BCUT2D eigenvalue weighted by Crippen LogP contribution is 2.01. The summed E-state index contributed by atoms with van der Waals surface area (Å²) in [6.07, 6.45) is 3.89. The van der Waals surface area contributed by atoms with E-state index in [0.29, 0.717) is 18.7 Å². The third-order valence-corrected chi connectivity index (χ3v) is 2.06. The summed E-state index contributed by atoms with van der Waals surface area (Å²) in [6.45, 7) is 0.679. The average Bonchev–Trinajstić information content (AvgIpc) is 2.58. The molecule has 0 atom stereocenters. The van der Waals surface area contributed by atoms with Gasteiger partial charge >= 0.3 is 5.69 Å². The summed E-state index contributed by atoms with van der Waals surface area (Å²) in [5, 5.41) is 8.71. The predicted molar refractivity (Wildman–Crippen MR) is 53.4 cm³/mol. The van der Waals surface area contributed by atoms with Gasteiger partial charge in [0.25, 0.3) is 0 Å². The molecular weight excluding hydrogens is 198 g/mol. The Morgan fingerprint density at radius 1 is 1.40 bits per heavy atom. The molecule has 0 aliphatic carbocycles. The number of fused-ring (bicyclic) bond motifs is 1. The zero-order valence-electron chi connectivity index (χ0n) is 8.00. The van der Waals surface area contributed by atoms with Crippen molar-refractivity contribution >= 4 is 11.7 Å². The molecule has 0 aliphatic heterocycles. The number of nitrogens with two attached hydrogens (primary N) is 1. The van der Waals surface area contributed by atoms with E-state index in [4.69, 9.17) is 10.8 Å². The Morgan fingerprint density at radius 2 is 2.20 bits per heavy atom. The van der Waals surface area contributed by atoms with Crippen LogP contribution in [-0.4, -0.2) is 30.6 Å². The lowest BCUT2D eigenvalue weighted by molar-refractivity contribution is 0.280. The van der Waals surface area contributed by atoms with Gasteiger partial charge in [-0.05, 0) is 6.42 Å². The number of aliphatic hydroxyl groups is 1. The van der Waals surface area contributed by atoms with Crippen LogP contribution >= 0.6 is 0 Å². The number of rotatable bonds is 3. The van der Waals surface area contributed by atoms with Crippen LogP contribution in [0.15, 0.2) is 17.2 Å². The number of aliphatic hydroxyl groups excluding tert-OH is 1. The van der Waals surface area contributed by atoms with Gasteiger partial charge in [-0.2, -0.15) is 9.97 Å². The first kappa shape index (κ1) is 9.66. The van der Waals surface area contributed by atoms with E-state index in [1.807, 2.05) is 0 Å². The predicted octanol–water partition coefficient (Wildman–Crippen LogP) is -1.14. The Hall–Kier alpha value is -1.89. The second-order valence-corrected chi connectivity index (χ2v) is 3.10. The molecule has 80 valence electrons. The van der Waals surface area contributed by atoms with Gasteiger partial charge < -0.3 is 15.4 Å². The van der Waals surface area contributed by atoms with Crippen LogP contribution in [0, 0.1) is 0 Å². The zero-order valence-corrected chi connectivity index (χ0v) is 8.00. The molecule has 0 aliphatic rings. The maximum Gasteiger partial charge on any atom is 0.357 e. The first-order valence-corrected chi connectivity index (χ1v) is 4.54. The Labute approximate surface area is 84.8 Å². The van der Waals surface area contributed by atoms with Gasteiger partial charge in [0, 0.05) is 25.5 Å². The largest absolute Gasteiger partial charge is 0.396 e. The maximum atomic E-state index is 11.4. The van der Waals surface area contributed by atoms with Crippen molar-refractivity contribution in [1.29, 1.82) is 0 Å². The lowest BCUT2D eigenvalue weighted by atomic mass is 10.4. The molecule has 0 amide bonds. The van der Waals surface area contributed by atoms with E-state index < -0.39 is 5.69 Å². The molecule has 2 aromatic rings. The molecule has 0 unspecified atom stereocenters. The summed E-state index contributed by atoms with van der Waals surface area (Å²) in [4.78, 5) is 18.8. The van der Waals surface area contributed by atoms with Crippen LogP contribution in [0.5, 0.6) is 0 Å². The first-order chi connectivity index (χ1) is 7.22. The van der Waals surface area contributed by atoms with Crippen LogP contribution in [0.25, 0.3) is 5.78 Å². The highest BCUT2D eigenvalue weighted by Gasteiger charge is 2.05. The average molecular weight is 209 g/mol. The fraction of sp³-hybridized carbons (Fsp3) is 0.375. The van der Waals surface area contributed by atoms with Crippen LogP contribution in [0.4, 0.5) is 5.95 Å². The molecule has 7 nitrogen and oxygen atoms in total. The van der Waals surface area contributed by atoms with E-state index >= 15 is 0 Å². The molecule has 0 radical (unpaired) electrons. The van der Waals surface area contributed by atoms with E-state index in [-0.39, 0.29) is 12.6 Å². The molecule has 15 heavy (non-hydrogen) atoms. The van der Waals surface area contributed by atoms with Gasteiger partial charge in [-0.1, -0.05) is 0 Å². The number of aromatic nitrogens is 4. The van der Waals surface area contributed by atoms with Gasteiger partial charge in [0.15, 0.2) is 0 Å². The Kier molecular flexibility index (Phi) is 2.38. The third-order valence-electron chi connectivity index (χ3n) is 2.06. The summed E-state index contributed by atoms with van der Waals surface area (Å²) in [6, 6.07) is 0. The summed E-state index contributed by atoms with van der Waals surface area (Å²) >= 11 is 0. The van der Waals surface area contributed by atoms with Crippen LogP contribution in [0.1, 0.15) is 6.42 Å². The van der Waals surface area contributed by atoms with Crippen molar-refractivity contribution in [1.82, 2.24) is 18.9 Å². The Morgan fingerprint density at radius 3 is 2.93 bits per heavy atom. The second-order valence-electron chi connectivity index (χ2n) is 3.10. The zero-order chi connectivity index (χ0) is 10.8. The van der Waals surface area contributed by atoms with Crippen molar-refractivity contribution in [3.8, 4) is 0 Å². The highest BCUT2D eigenvalue weighted by atomic mass is 16.3. The number of nitrogen functional groups attached to an aromatic ring is 1. The van der Waals surface area contributed by atoms with E-state index in [0.717, 1.165) is 0 Å². The van der Waals surface area contributed by atoms with Gasteiger partial charge in [0.2, 0.25) is 11.7 Å². The number of imidazole rings is 1. The summed E-state index contributed by atoms with van der Waals surface area (Å²) in [5.41, 5.74) is 4.94. The van der Waals surface area contributed by atoms with Crippen molar-refractivity contribution in [2.24, 2.45) is 0 Å². The number of nitrogens with zero attached hydrogens (tertiary/aromatic N) is 4. The van der Waals surface area contributed by atoms with Crippen molar-refractivity contribution in [2.75, 3.05) is 12.3 Å². The van der Waals surface area contributed by atoms with Crippen LogP contribution < -0.4 is 11.4 Å². The molecule has 0 saturated heterocycles. The summed E-state index contributed by atoms with van der Waals surface area (Å²) in [7, 11) is 0. The lowest BCUT2D eigenvalue weighted by Gasteiger charge is -2.01. The van der Waals surface area contributed by atoms with E-state index in [9.17, 15) is 4.79 Å². The minimum absolute atomic E-state index is 0.0380. The smallest absolute Gasteiger partial charge is 0.357 e. The van der Waals surface area contributed by atoms with Gasteiger partial charge in [-0.25, -0.2) is 9.20 Å². The highest BCUT2D eigenvalue weighted by molar-refractivity contribution is 5.34. The number of aryl methyl sites for hydroxylation is 1. The molecule has 3 N–H and O–H groups in total. The molecular formula is C8H11N5O2. The monoisotopic (exact) mass is 209 g/mol.